The van der Waals surface area contributed by atoms with Crippen LogP contribution in [-0.4, -0.2) is 30.8 Å². The Hall–Kier alpha value is -2.27. The quantitative estimate of drug-likeness (QED) is 0.588. The predicted octanol–water partition coefficient (Wildman–Crippen LogP) is 2.93. The highest BCUT2D eigenvalue weighted by molar-refractivity contribution is 8.26. The van der Waals surface area contributed by atoms with Gasteiger partial charge in [0.1, 0.15) is 0 Å². The molecule has 1 N–H and O–H groups in total. The van der Waals surface area contributed by atoms with Crippen molar-refractivity contribution in [3.8, 4) is 5.75 Å². The average Bonchev–Trinajstić information content (AvgIpc) is 2.91. The van der Waals surface area contributed by atoms with Crippen molar-refractivity contribution in [2.45, 2.75) is 4.90 Å². The van der Waals surface area contributed by atoms with E-state index in [1.54, 1.807) is 18.2 Å². The maximum Gasteiger partial charge on any atom is 0.281 e. The summed E-state index contributed by atoms with van der Waals surface area (Å²) in [7, 11) is -2.63. The van der Waals surface area contributed by atoms with Gasteiger partial charge in [0.15, 0.2) is 15.9 Å². The van der Waals surface area contributed by atoms with E-state index in [-0.39, 0.29) is 19.9 Å². The van der Waals surface area contributed by atoms with Gasteiger partial charge in [-0.3, -0.25) is 4.79 Å². The largest absolute Gasteiger partial charge is 0.494 e. The second-order valence-corrected chi connectivity index (χ2v) is 8.66. The van der Waals surface area contributed by atoms with E-state index in [2.05, 4.69) is 4.83 Å². The van der Waals surface area contributed by atoms with E-state index in [0.29, 0.717) is 5.56 Å². The average molecular weight is 425 g/mol. The number of benzene rings is 2. The number of hydrogen-bond acceptors (Lipinski definition) is 6. The lowest BCUT2D eigenvalue weighted by Crippen LogP contribution is -2.44. The van der Waals surface area contributed by atoms with Crippen LogP contribution in [0.3, 0.4) is 0 Å². The number of thiocarbonyl (C=S) groups is 1. The number of thioether (sulfide) groups is 1. The first-order valence-corrected chi connectivity index (χ1v) is 10.2. The van der Waals surface area contributed by atoms with E-state index in [4.69, 9.17) is 17.0 Å². The number of sulfonamides is 1. The summed E-state index contributed by atoms with van der Waals surface area (Å²) in [6.07, 6.45) is 1.48. The number of carbonyl (C=O) groups is 1. The zero-order chi connectivity index (χ0) is 19.6. The molecule has 0 spiro atoms. The SMILES string of the molecule is COc1cc(/C=C2/SC(=S)N(NS(=O)(=O)c3ccccc3)C2=O)ccc1F. The van der Waals surface area contributed by atoms with Gasteiger partial charge in [0.25, 0.3) is 15.9 Å². The van der Waals surface area contributed by atoms with Crippen LogP contribution in [0.15, 0.2) is 58.3 Å². The van der Waals surface area contributed by atoms with Crippen molar-refractivity contribution < 1.29 is 22.3 Å². The Kier molecular flexibility index (Phi) is 5.61. The van der Waals surface area contributed by atoms with Crippen molar-refractivity contribution in [1.82, 2.24) is 9.84 Å². The predicted molar refractivity (Wildman–Crippen MR) is 105 cm³/mol. The molecule has 1 aliphatic rings. The summed E-state index contributed by atoms with van der Waals surface area (Å²) < 4.78 is 43.3. The molecule has 140 valence electrons. The van der Waals surface area contributed by atoms with Gasteiger partial charge in [0.05, 0.1) is 16.9 Å². The van der Waals surface area contributed by atoms with Gasteiger partial charge >= 0.3 is 0 Å². The Balaban J connectivity index is 1.85. The molecular formula is C17H13FN2O4S3. The fraction of sp³-hybridized carbons (Fsp3) is 0.0588. The number of halogens is 1. The maximum absolute atomic E-state index is 13.5. The molecule has 10 heteroatoms. The lowest BCUT2D eigenvalue weighted by Gasteiger charge is -2.15. The van der Waals surface area contributed by atoms with E-state index >= 15 is 0 Å². The zero-order valence-electron chi connectivity index (χ0n) is 13.9. The highest BCUT2D eigenvalue weighted by Crippen LogP contribution is 2.32. The highest BCUT2D eigenvalue weighted by Gasteiger charge is 2.35. The summed E-state index contributed by atoms with van der Waals surface area (Å²) in [5.74, 6) is -1.12. The van der Waals surface area contributed by atoms with Crippen molar-refractivity contribution in [3.63, 3.8) is 0 Å². The maximum atomic E-state index is 13.5. The van der Waals surface area contributed by atoms with Crippen molar-refractivity contribution in [3.05, 3.63) is 64.8 Å². The molecule has 0 atom stereocenters. The van der Waals surface area contributed by atoms with Gasteiger partial charge in [0, 0.05) is 0 Å². The molecule has 27 heavy (non-hydrogen) atoms. The number of methoxy groups -OCH3 is 1. The van der Waals surface area contributed by atoms with E-state index < -0.39 is 21.7 Å². The topological polar surface area (TPSA) is 75.7 Å². The van der Waals surface area contributed by atoms with Gasteiger partial charge in [-0.2, -0.15) is 0 Å². The molecule has 1 amide bonds. The second-order valence-electron chi connectivity index (χ2n) is 5.32. The van der Waals surface area contributed by atoms with Crippen LogP contribution in [0.1, 0.15) is 5.56 Å². The first-order chi connectivity index (χ1) is 12.8. The van der Waals surface area contributed by atoms with Crippen molar-refractivity contribution in [2.24, 2.45) is 0 Å². The van der Waals surface area contributed by atoms with Crippen LogP contribution < -0.4 is 9.57 Å². The number of rotatable bonds is 5. The number of hydrogen-bond donors (Lipinski definition) is 1. The molecule has 1 saturated heterocycles. The molecule has 0 aromatic heterocycles. The van der Waals surface area contributed by atoms with Gasteiger partial charge < -0.3 is 4.74 Å². The van der Waals surface area contributed by atoms with E-state index in [0.717, 1.165) is 16.8 Å². The van der Waals surface area contributed by atoms with Gasteiger partial charge in [-0.25, -0.2) is 17.8 Å². The molecular weight excluding hydrogens is 411 g/mol. The Labute approximate surface area is 165 Å². The van der Waals surface area contributed by atoms with Crippen LogP contribution in [0.25, 0.3) is 6.08 Å². The molecule has 0 unspecified atom stereocenters. The second kappa shape index (κ2) is 7.77. The lowest BCUT2D eigenvalue weighted by atomic mass is 10.2. The first kappa shape index (κ1) is 19.5. The van der Waals surface area contributed by atoms with Crippen LogP contribution in [-0.2, 0) is 14.8 Å². The van der Waals surface area contributed by atoms with Gasteiger partial charge in [0.2, 0.25) is 0 Å². The minimum absolute atomic E-state index is 0.00583. The summed E-state index contributed by atoms with van der Waals surface area (Å²) in [6, 6.07) is 11.7. The third-order valence-electron chi connectivity index (χ3n) is 3.53. The smallest absolute Gasteiger partial charge is 0.281 e. The number of nitrogens with zero attached hydrogens (tertiary/aromatic N) is 1. The Morgan fingerprint density at radius 2 is 1.93 bits per heavy atom. The molecule has 1 fully saturated rings. The Bertz CT molecular complexity index is 1040. The highest BCUT2D eigenvalue weighted by atomic mass is 32.2. The molecule has 0 bridgehead atoms. The van der Waals surface area contributed by atoms with Crippen LogP contribution in [0, 0.1) is 5.82 Å². The van der Waals surface area contributed by atoms with Crippen LogP contribution >= 0.6 is 24.0 Å². The van der Waals surface area contributed by atoms with E-state index in [9.17, 15) is 17.6 Å². The zero-order valence-corrected chi connectivity index (χ0v) is 16.3. The van der Waals surface area contributed by atoms with Gasteiger partial charge in [-0.05, 0) is 35.9 Å². The third kappa shape index (κ3) is 4.19. The Morgan fingerprint density at radius 1 is 1.22 bits per heavy atom. The first-order valence-electron chi connectivity index (χ1n) is 7.51. The van der Waals surface area contributed by atoms with Gasteiger partial charge in [-0.1, -0.05) is 48.2 Å². The number of amides is 1. The standard InChI is InChI=1S/C17H13FN2O4S3/c1-24-14-9-11(7-8-13(14)18)10-15-16(21)20(17(25)26-15)19-27(22,23)12-5-3-2-4-6-12/h2-10,19H,1H3/b15-10+. The summed E-state index contributed by atoms with van der Waals surface area (Å²) in [5.41, 5.74) is 0.514. The van der Waals surface area contributed by atoms with Crippen molar-refractivity contribution in [2.75, 3.05) is 7.11 Å². The van der Waals surface area contributed by atoms with Crippen LogP contribution in [0.2, 0.25) is 0 Å². The lowest BCUT2D eigenvalue weighted by molar-refractivity contribution is -0.123. The van der Waals surface area contributed by atoms with E-state index in [1.807, 2.05) is 0 Å². The Morgan fingerprint density at radius 3 is 2.59 bits per heavy atom. The summed E-state index contributed by atoms with van der Waals surface area (Å²) in [4.78, 5) is 15.0. The van der Waals surface area contributed by atoms with Crippen molar-refractivity contribution >= 4 is 50.3 Å². The summed E-state index contributed by atoms with van der Waals surface area (Å²) in [5, 5.41) is 0.801. The molecule has 0 saturated carbocycles. The van der Waals surface area contributed by atoms with Crippen LogP contribution in [0.5, 0.6) is 5.75 Å². The fourth-order valence-electron chi connectivity index (χ4n) is 2.24. The molecule has 2 aromatic carbocycles. The fourth-order valence-corrected chi connectivity index (χ4v) is 4.57. The summed E-state index contributed by atoms with van der Waals surface area (Å²) in [6.45, 7) is 0. The molecule has 6 nitrogen and oxygen atoms in total. The molecule has 0 radical (unpaired) electrons. The minimum Gasteiger partial charge on any atom is -0.494 e. The molecule has 2 aromatic rings. The normalized spacial score (nSPS) is 16.2. The van der Waals surface area contributed by atoms with Crippen molar-refractivity contribution in [1.29, 1.82) is 0 Å². The molecule has 0 aliphatic carbocycles. The third-order valence-corrected chi connectivity index (χ3v) is 6.15. The summed E-state index contributed by atoms with van der Waals surface area (Å²) >= 11 is 6.05. The monoisotopic (exact) mass is 424 g/mol. The van der Waals surface area contributed by atoms with Crippen LogP contribution in [0.4, 0.5) is 4.39 Å². The number of nitrogens with one attached hydrogen (secondary N) is 1. The van der Waals surface area contributed by atoms with E-state index in [1.165, 1.54) is 43.5 Å². The number of hydrazine groups is 1. The minimum atomic E-state index is -3.96. The molecule has 3 rings (SSSR count). The van der Waals surface area contributed by atoms with Gasteiger partial charge in [-0.15, -0.1) is 4.83 Å². The molecule has 1 aliphatic heterocycles. The number of carbonyl (C=O) groups excluding carboxylic acids is 1. The molecule has 1 heterocycles. The number of ether oxygens (including phenoxy) is 1.